The molecule has 0 aliphatic carbocycles. The van der Waals surface area contributed by atoms with Gasteiger partial charge in [0.05, 0.1) is 7.11 Å². The van der Waals surface area contributed by atoms with Crippen LogP contribution in [0.5, 0.6) is 5.75 Å². The zero-order valence-electron chi connectivity index (χ0n) is 16.2. The zero-order valence-corrected chi connectivity index (χ0v) is 17.1. The summed E-state index contributed by atoms with van der Waals surface area (Å²) in [5, 5.41) is 0. The lowest BCUT2D eigenvalue weighted by Gasteiger charge is -2.35. The predicted octanol–water partition coefficient (Wildman–Crippen LogP) is 1.92. The number of fused-ring (bicyclic) bond motifs is 1. The van der Waals surface area contributed by atoms with Crippen LogP contribution in [0.2, 0.25) is 0 Å². The summed E-state index contributed by atoms with van der Waals surface area (Å²) in [6.07, 6.45) is 1.10. The van der Waals surface area contributed by atoms with Gasteiger partial charge in [-0.15, -0.1) is 4.40 Å². The molecule has 4 rings (SSSR count). The van der Waals surface area contributed by atoms with E-state index in [0.29, 0.717) is 50.4 Å². The van der Waals surface area contributed by atoms with Gasteiger partial charge in [-0.2, -0.15) is 8.42 Å². The van der Waals surface area contributed by atoms with E-state index >= 15 is 0 Å². The van der Waals surface area contributed by atoms with Gasteiger partial charge in [-0.1, -0.05) is 24.3 Å². The molecule has 2 aromatic carbocycles. The molecule has 2 aromatic rings. The molecule has 0 N–H and O–H groups in total. The number of amidine groups is 1. The van der Waals surface area contributed by atoms with Crippen molar-refractivity contribution in [1.82, 2.24) is 9.80 Å². The number of aryl methyl sites for hydroxylation is 1. The molecule has 2 heterocycles. The van der Waals surface area contributed by atoms with Crippen LogP contribution in [-0.4, -0.2) is 63.2 Å². The Kier molecular flexibility index (Phi) is 5.27. The number of sulfonamides is 1. The van der Waals surface area contributed by atoms with Crippen molar-refractivity contribution in [1.29, 1.82) is 0 Å². The molecular weight excluding hydrogens is 390 g/mol. The summed E-state index contributed by atoms with van der Waals surface area (Å²) >= 11 is 0. The van der Waals surface area contributed by atoms with Crippen molar-refractivity contribution in [2.24, 2.45) is 4.40 Å². The van der Waals surface area contributed by atoms with Crippen molar-refractivity contribution in [3.63, 3.8) is 0 Å². The van der Waals surface area contributed by atoms with Crippen LogP contribution in [0, 0.1) is 0 Å². The van der Waals surface area contributed by atoms with Crippen LogP contribution in [0.4, 0.5) is 0 Å². The van der Waals surface area contributed by atoms with Gasteiger partial charge in [-0.05, 0) is 36.2 Å². The zero-order chi connectivity index (χ0) is 20.4. The second-order valence-electron chi connectivity index (χ2n) is 7.11. The molecule has 0 unspecified atom stereocenters. The fourth-order valence-corrected chi connectivity index (χ4v) is 4.95. The molecule has 2 aliphatic heterocycles. The summed E-state index contributed by atoms with van der Waals surface area (Å²) in [5.74, 6) is 1.38. The first kappa shape index (κ1) is 19.4. The van der Waals surface area contributed by atoms with Crippen molar-refractivity contribution < 1.29 is 17.9 Å². The first-order chi connectivity index (χ1) is 14.0. The van der Waals surface area contributed by atoms with Crippen molar-refractivity contribution in [2.45, 2.75) is 17.7 Å². The second kappa shape index (κ2) is 7.87. The summed E-state index contributed by atoms with van der Waals surface area (Å²) < 4.78 is 33.7. The van der Waals surface area contributed by atoms with E-state index in [-0.39, 0.29) is 10.8 Å². The third kappa shape index (κ3) is 3.98. The van der Waals surface area contributed by atoms with Crippen molar-refractivity contribution in [2.75, 3.05) is 33.3 Å². The molecule has 1 fully saturated rings. The highest BCUT2D eigenvalue weighted by Gasteiger charge is 2.33. The molecule has 152 valence electrons. The lowest BCUT2D eigenvalue weighted by molar-refractivity contribution is -0.132. The summed E-state index contributed by atoms with van der Waals surface area (Å²) in [4.78, 5) is 16.7. The number of hydrogen-bond acceptors (Lipinski definition) is 5. The molecule has 1 amide bonds. The van der Waals surface area contributed by atoms with Crippen LogP contribution < -0.4 is 4.74 Å². The molecule has 0 aromatic heterocycles. The molecule has 0 bridgehead atoms. The van der Waals surface area contributed by atoms with Gasteiger partial charge in [0.25, 0.3) is 10.0 Å². The molecule has 8 heteroatoms. The van der Waals surface area contributed by atoms with Gasteiger partial charge >= 0.3 is 0 Å². The third-order valence-electron chi connectivity index (χ3n) is 5.31. The van der Waals surface area contributed by atoms with E-state index in [1.54, 1.807) is 25.3 Å². The lowest BCUT2D eigenvalue weighted by Crippen LogP contribution is -2.50. The van der Waals surface area contributed by atoms with E-state index in [0.717, 1.165) is 11.3 Å². The Morgan fingerprint density at radius 1 is 1.07 bits per heavy atom. The molecular formula is C21H23N3O4S. The number of hydrogen-bond donors (Lipinski definition) is 0. The van der Waals surface area contributed by atoms with Gasteiger partial charge in [0.15, 0.2) is 5.84 Å². The molecule has 7 nitrogen and oxygen atoms in total. The number of carbonyl (C=O) groups excluding carboxylic acids is 1. The quantitative estimate of drug-likeness (QED) is 0.765. The number of benzene rings is 2. The number of carbonyl (C=O) groups is 1. The number of ether oxygens (including phenoxy) is 1. The van der Waals surface area contributed by atoms with E-state index < -0.39 is 10.0 Å². The fraction of sp³-hybridized carbons (Fsp3) is 0.333. The number of methoxy groups -OCH3 is 1. The average molecular weight is 413 g/mol. The molecule has 0 spiro atoms. The Balaban J connectivity index is 1.35. The van der Waals surface area contributed by atoms with Crippen molar-refractivity contribution in [3.8, 4) is 5.75 Å². The van der Waals surface area contributed by atoms with Crippen LogP contribution in [0.15, 0.2) is 57.8 Å². The average Bonchev–Trinajstić information content (AvgIpc) is 3.03. The first-order valence-electron chi connectivity index (χ1n) is 9.58. The maximum absolute atomic E-state index is 12.6. The molecule has 0 saturated carbocycles. The standard InChI is InChI=1S/C21H23N3O4S/c1-28-17-6-4-5-16(15-17)9-10-20(25)23-11-13-24(14-12-23)21-18-7-2-3-8-19(18)29(26,27)22-21/h2-8,15H,9-14H2,1H3. The summed E-state index contributed by atoms with van der Waals surface area (Å²) in [6.45, 7) is 2.23. The van der Waals surface area contributed by atoms with Gasteiger partial charge in [0.2, 0.25) is 5.91 Å². The Bertz CT molecular complexity index is 1060. The number of nitrogens with zero attached hydrogens (tertiary/aromatic N) is 3. The van der Waals surface area contributed by atoms with Crippen molar-refractivity contribution >= 4 is 21.8 Å². The van der Waals surface area contributed by atoms with E-state index in [9.17, 15) is 13.2 Å². The van der Waals surface area contributed by atoms with E-state index in [2.05, 4.69) is 4.40 Å². The lowest BCUT2D eigenvalue weighted by atomic mass is 10.1. The SMILES string of the molecule is COc1cccc(CCC(=O)N2CCN(C3=NS(=O)(=O)c4ccccc43)CC2)c1. The Morgan fingerprint density at radius 2 is 1.83 bits per heavy atom. The molecule has 1 saturated heterocycles. The molecule has 0 radical (unpaired) electrons. The largest absolute Gasteiger partial charge is 0.497 e. The highest BCUT2D eigenvalue weighted by molar-refractivity contribution is 7.90. The van der Waals surface area contributed by atoms with E-state index in [1.165, 1.54) is 0 Å². The summed E-state index contributed by atoms with van der Waals surface area (Å²) in [7, 11) is -2.00. The van der Waals surface area contributed by atoms with Gasteiger partial charge in [0.1, 0.15) is 10.6 Å². The molecule has 2 aliphatic rings. The fourth-order valence-electron chi connectivity index (χ4n) is 3.72. The topological polar surface area (TPSA) is 79.3 Å². The first-order valence-corrected chi connectivity index (χ1v) is 11.0. The highest BCUT2D eigenvalue weighted by Crippen LogP contribution is 2.28. The minimum absolute atomic E-state index is 0.105. The second-order valence-corrected chi connectivity index (χ2v) is 8.68. The Hall–Kier alpha value is -2.87. The van der Waals surface area contributed by atoms with Crippen LogP contribution in [0.25, 0.3) is 0 Å². The van der Waals surface area contributed by atoms with Crippen LogP contribution in [-0.2, 0) is 21.2 Å². The highest BCUT2D eigenvalue weighted by atomic mass is 32.2. The smallest absolute Gasteiger partial charge is 0.285 e. The minimum Gasteiger partial charge on any atom is -0.497 e. The molecule has 29 heavy (non-hydrogen) atoms. The van der Waals surface area contributed by atoms with Gasteiger partial charge in [-0.25, -0.2) is 0 Å². The summed E-state index contributed by atoms with van der Waals surface area (Å²) in [5.41, 5.74) is 1.71. The number of piperazine rings is 1. The number of rotatable bonds is 4. The van der Waals surface area contributed by atoms with Gasteiger partial charge in [0, 0.05) is 38.2 Å². The van der Waals surface area contributed by atoms with E-state index in [4.69, 9.17) is 4.74 Å². The normalized spacial score (nSPS) is 17.6. The maximum atomic E-state index is 12.6. The van der Waals surface area contributed by atoms with Crippen molar-refractivity contribution in [3.05, 3.63) is 59.7 Å². The Labute approximate surface area is 170 Å². The predicted molar refractivity (Wildman–Crippen MR) is 110 cm³/mol. The van der Waals surface area contributed by atoms with Gasteiger partial charge < -0.3 is 14.5 Å². The van der Waals surface area contributed by atoms with E-state index in [1.807, 2.05) is 40.1 Å². The van der Waals surface area contributed by atoms with Crippen LogP contribution in [0.3, 0.4) is 0 Å². The molecule has 0 atom stereocenters. The van der Waals surface area contributed by atoms with Crippen LogP contribution in [0.1, 0.15) is 17.5 Å². The summed E-state index contributed by atoms with van der Waals surface area (Å²) in [6, 6.07) is 14.6. The minimum atomic E-state index is -3.62. The third-order valence-corrected chi connectivity index (χ3v) is 6.63. The maximum Gasteiger partial charge on any atom is 0.285 e. The van der Waals surface area contributed by atoms with Crippen LogP contribution >= 0.6 is 0 Å². The Morgan fingerprint density at radius 3 is 2.59 bits per heavy atom. The van der Waals surface area contributed by atoms with Gasteiger partial charge in [-0.3, -0.25) is 4.79 Å². The monoisotopic (exact) mass is 413 g/mol. The number of amides is 1.